The second-order valence-corrected chi connectivity index (χ2v) is 11.1. The molecule has 0 spiro atoms. The van der Waals surface area contributed by atoms with Gasteiger partial charge in [-0.05, 0) is 56.7 Å². The Morgan fingerprint density at radius 1 is 1.06 bits per heavy atom. The molecule has 2 saturated heterocycles. The summed E-state index contributed by atoms with van der Waals surface area (Å²) in [5.74, 6) is 0. The van der Waals surface area contributed by atoms with Crippen LogP contribution in [-0.2, 0) is 6.18 Å². The third-order valence-electron chi connectivity index (χ3n) is 7.49. The number of anilines is 2. The van der Waals surface area contributed by atoms with E-state index in [0.29, 0.717) is 17.1 Å². The summed E-state index contributed by atoms with van der Waals surface area (Å²) in [7, 11) is 0. The Labute approximate surface area is 209 Å². The zero-order valence-electron chi connectivity index (χ0n) is 20.0. The molecule has 1 aromatic rings. The molecule has 1 aromatic carbocycles. The number of allylic oxidation sites excluding steroid dienone is 3. The topological polar surface area (TPSA) is 82.6 Å². The summed E-state index contributed by atoms with van der Waals surface area (Å²) in [4.78, 5) is 6.35. The molecule has 0 atom stereocenters. The highest BCUT2D eigenvalue weighted by Crippen LogP contribution is 2.49. The van der Waals surface area contributed by atoms with E-state index < -0.39 is 11.7 Å². The van der Waals surface area contributed by atoms with Crippen LogP contribution in [0.15, 0.2) is 39.4 Å². The van der Waals surface area contributed by atoms with Crippen LogP contribution < -0.4 is 22.1 Å². The van der Waals surface area contributed by atoms with E-state index in [1.54, 1.807) is 0 Å². The molecule has 3 heterocycles. The Morgan fingerprint density at radius 3 is 2.49 bits per heavy atom. The third kappa shape index (κ3) is 5.60. The van der Waals surface area contributed by atoms with Gasteiger partial charge in [0.05, 0.1) is 16.9 Å². The monoisotopic (exact) mass is 508 g/mol. The summed E-state index contributed by atoms with van der Waals surface area (Å²) in [6, 6.07) is 2.96. The smallest absolute Gasteiger partial charge is 0.380 e. The standard InChI is InChI=1S/C25H35F3N6S/c26-25(27,28)16-13-21(31-18-5-8-33(9-6-18)12-7-29)24-23(14-16)35-22-15-19(1-2-20(22)32-24)34-10-3-17(30)4-11-34/h13-15,17-18,31-32H,1-12,29-30H2. The molecule has 4 aliphatic rings. The van der Waals surface area contributed by atoms with Gasteiger partial charge in [-0.25, -0.2) is 0 Å². The van der Waals surface area contributed by atoms with Gasteiger partial charge < -0.3 is 31.9 Å². The summed E-state index contributed by atoms with van der Waals surface area (Å²) in [6.45, 7) is 5.19. The number of nitrogens with zero attached hydrogens (tertiary/aromatic N) is 2. The van der Waals surface area contributed by atoms with Gasteiger partial charge in [0.25, 0.3) is 0 Å². The number of benzene rings is 1. The summed E-state index contributed by atoms with van der Waals surface area (Å²) < 4.78 is 41.4. The van der Waals surface area contributed by atoms with Gasteiger partial charge in [-0.2, -0.15) is 13.2 Å². The predicted octanol–water partition coefficient (Wildman–Crippen LogP) is 4.37. The normalized spacial score (nSPS) is 22.4. The third-order valence-corrected chi connectivity index (χ3v) is 8.62. The number of nitrogens with one attached hydrogen (secondary N) is 2. The first-order chi connectivity index (χ1) is 16.8. The van der Waals surface area contributed by atoms with Crippen molar-refractivity contribution < 1.29 is 13.2 Å². The van der Waals surface area contributed by atoms with Crippen molar-refractivity contribution in [2.24, 2.45) is 11.5 Å². The van der Waals surface area contributed by atoms with Crippen LogP contribution in [0.4, 0.5) is 24.5 Å². The molecule has 5 rings (SSSR count). The lowest BCUT2D eigenvalue weighted by Crippen LogP contribution is -2.41. The molecule has 10 heteroatoms. The van der Waals surface area contributed by atoms with Crippen molar-refractivity contribution in [3.05, 3.63) is 40.1 Å². The van der Waals surface area contributed by atoms with Crippen molar-refractivity contribution in [2.45, 2.75) is 61.7 Å². The Kier molecular flexibility index (Phi) is 7.25. The number of piperidine rings is 2. The minimum atomic E-state index is -4.40. The largest absolute Gasteiger partial charge is 0.416 e. The van der Waals surface area contributed by atoms with Crippen LogP contribution in [0.3, 0.4) is 0 Å². The molecule has 35 heavy (non-hydrogen) atoms. The Morgan fingerprint density at radius 2 is 1.80 bits per heavy atom. The number of hydrogen-bond acceptors (Lipinski definition) is 7. The fourth-order valence-electron chi connectivity index (χ4n) is 5.41. The Bertz CT molecular complexity index is 992. The second kappa shape index (κ2) is 10.2. The number of nitrogens with two attached hydrogens (primary N) is 2. The predicted molar refractivity (Wildman–Crippen MR) is 136 cm³/mol. The second-order valence-electron chi connectivity index (χ2n) is 9.97. The van der Waals surface area contributed by atoms with Gasteiger partial charge in [0, 0.05) is 72.5 Å². The van der Waals surface area contributed by atoms with Gasteiger partial charge >= 0.3 is 6.18 Å². The van der Waals surface area contributed by atoms with E-state index in [2.05, 4.69) is 26.5 Å². The van der Waals surface area contributed by atoms with Crippen LogP contribution >= 0.6 is 11.8 Å². The fourth-order valence-corrected chi connectivity index (χ4v) is 6.57. The number of alkyl halides is 3. The van der Waals surface area contributed by atoms with Gasteiger partial charge in [-0.15, -0.1) is 0 Å². The molecule has 0 bridgehead atoms. The maximum atomic E-state index is 13.8. The number of thioether (sulfide) groups is 1. The van der Waals surface area contributed by atoms with Crippen LogP contribution in [0.25, 0.3) is 0 Å². The Balaban J connectivity index is 1.38. The average Bonchev–Trinajstić information content (AvgIpc) is 2.84. The molecular formula is C25H35F3N6S. The highest BCUT2D eigenvalue weighted by atomic mass is 32.2. The number of fused-ring (bicyclic) bond motifs is 1. The van der Waals surface area contributed by atoms with Crippen LogP contribution in [0.5, 0.6) is 0 Å². The van der Waals surface area contributed by atoms with Crippen molar-refractivity contribution in [3.63, 3.8) is 0 Å². The first-order valence-electron chi connectivity index (χ1n) is 12.6. The van der Waals surface area contributed by atoms with Crippen molar-refractivity contribution in [1.29, 1.82) is 0 Å². The highest BCUT2D eigenvalue weighted by molar-refractivity contribution is 8.03. The number of rotatable bonds is 5. The molecule has 192 valence electrons. The van der Waals surface area contributed by atoms with E-state index in [4.69, 9.17) is 11.5 Å². The molecule has 0 radical (unpaired) electrons. The van der Waals surface area contributed by atoms with E-state index in [0.717, 1.165) is 87.5 Å². The highest BCUT2D eigenvalue weighted by Gasteiger charge is 2.35. The number of halogens is 3. The lowest BCUT2D eigenvalue weighted by Gasteiger charge is -2.37. The first-order valence-corrected chi connectivity index (χ1v) is 13.4. The molecule has 6 N–H and O–H groups in total. The minimum absolute atomic E-state index is 0.141. The van der Waals surface area contributed by atoms with Gasteiger partial charge in [-0.1, -0.05) is 11.8 Å². The average molecular weight is 509 g/mol. The summed E-state index contributed by atoms with van der Waals surface area (Å²) in [5.41, 5.74) is 14.8. The molecule has 0 aromatic heterocycles. The summed E-state index contributed by atoms with van der Waals surface area (Å²) in [5, 5.41) is 6.97. The van der Waals surface area contributed by atoms with Gasteiger partial charge in [0.1, 0.15) is 0 Å². The lowest BCUT2D eigenvalue weighted by molar-refractivity contribution is -0.137. The van der Waals surface area contributed by atoms with Gasteiger partial charge in [-0.3, -0.25) is 0 Å². The van der Waals surface area contributed by atoms with Crippen molar-refractivity contribution in [2.75, 3.05) is 49.9 Å². The zero-order chi connectivity index (χ0) is 24.6. The summed E-state index contributed by atoms with van der Waals surface area (Å²) >= 11 is 1.45. The van der Waals surface area contributed by atoms with Gasteiger partial charge in [0.15, 0.2) is 0 Å². The lowest BCUT2D eigenvalue weighted by atomic mass is 10.0. The van der Waals surface area contributed by atoms with E-state index in [9.17, 15) is 13.2 Å². The van der Waals surface area contributed by atoms with Gasteiger partial charge in [0.2, 0.25) is 0 Å². The molecule has 1 aliphatic carbocycles. The minimum Gasteiger partial charge on any atom is -0.380 e. The molecule has 0 amide bonds. The molecule has 2 fully saturated rings. The van der Waals surface area contributed by atoms with Crippen molar-refractivity contribution in [3.8, 4) is 0 Å². The maximum absolute atomic E-state index is 13.8. The molecule has 6 nitrogen and oxygen atoms in total. The molecular weight excluding hydrogens is 473 g/mol. The van der Waals surface area contributed by atoms with Crippen molar-refractivity contribution in [1.82, 2.24) is 9.80 Å². The van der Waals surface area contributed by atoms with E-state index >= 15 is 0 Å². The van der Waals surface area contributed by atoms with E-state index in [-0.39, 0.29) is 12.1 Å². The fraction of sp³-hybridized carbons (Fsp3) is 0.600. The molecule has 3 aliphatic heterocycles. The maximum Gasteiger partial charge on any atom is 0.416 e. The quantitative estimate of drug-likeness (QED) is 0.470. The van der Waals surface area contributed by atoms with Crippen LogP contribution in [0.2, 0.25) is 0 Å². The number of hydrogen-bond donors (Lipinski definition) is 4. The van der Waals surface area contributed by atoms with Crippen LogP contribution in [0.1, 0.15) is 44.1 Å². The first kappa shape index (κ1) is 24.8. The number of likely N-dealkylation sites (tertiary alicyclic amines) is 2. The van der Waals surface area contributed by atoms with Crippen LogP contribution in [-0.4, -0.2) is 61.2 Å². The SMILES string of the molecule is NCCN1CCC(Nc2cc(C(F)(F)F)cc3c2NC2=C(C=C(N4CCC(N)CC4)CC2)S3)CC1. The van der Waals surface area contributed by atoms with E-state index in [1.165, 1.54) is 29.6 Å². The Hall–Kier alpha value is -1.88. The molecule has 0 saturated carbocycles. The zero-order valence-corrected chi connectivity index (χ0v) is 20.8. The van der Waals surface area contributed by atoms with Crippen molar-refractivity contribution >= 4 is 23.1 Å². The molecule has 0 unspecified atom stereocenters. The van der Waals surface area contributed by atoms with Crippen LogP contribution in [0, 0.1) is 0 Å². The summed E-state index contributed by atoms with van der Waals surface area (Å²) in [6.07, 6.45) is 3.28. The van der Waals surface area contributed by atoms with E-state index in [1.807, 2.05) is 0 Å².